The number of halogens is 1. The standard InChI is InChI=1S/C28H28ClN5/c1-18-8-10-22-21(27(18)34-15-13-25(30)23-6-4-5-7-26(23)34)12-14-31-28(22)32-20-9-11-24(29)19(16-20)17-33(2)3/h4-14,16H,15,17,30H2,1-3H3,(H,31,32). The highest BCUT2D eigenvalue weighted by atomic mass is 35.5. The second-order valence-corrected chi connectivity index (χ2v) is 9.35. The summed E-state index contributed by atoms with van der Waals surface area (Å²) >= 11 is 6.42. The molecule has 0 amide bonds. The van der Waals surface area contributed by atoms with Crippen molar-refractivity contribution in [1.29, 1.82) is 0 Å². The number of hydrogen-bond acceptors (Lipinski definition) is 5. The van der Waals surface area contributed by atoms with Gasteiger partial charge in [0, 0.05) is 52.0 Å². The number of fused-ring (bicyclic) bond motifs is 2. The molecule has 0 saturated heterocycles. The van der Waals surface area contributed by atoms with E-state index in [1.165, 1.54) is 11.3 Å². The number of rotatable bonds is 5. The Labute approximate surface area is 205 Å². The van der Waals surface area contributed by atoms with Crippen LogP contribution in [0.4, 0.5) is 22.9 Å². The second kappa shape index (κ2) is 9.01. The fourth-order valence-corrected chi connectivity index (χ4v) is 4.80. The van der Waals surface area contributed by atoms with Crippen LogP contribution in [0.25, 0.3) is 16.5 Å². The summed E-state index contributed by atoms with van der Waals surface area (Å²) in [6.07, 6.45) is 3.95. The lowest BCUT2D eigenvalue weighted by molar-refractivity contribution is 0.402. The number of anilines is 4. The van der Waals surface area contributed by atoms with E-state index < -0.39 is 0 Å². The molecule has 172 valence electrons. The van der Waals surface area contributed by atoms with Crippen LogP contribution in [-0.4, -0.2) is 30.5 Å². The highest BCUT2D eigenvalue weighted by Crippen LogP contribution is 2.41. The number of aromatic nitrogens is 1. The number of nitrogens with two attached hydrogens (primary N) is 1. The minimum Gasteiger partial charge on any atom is -0.398 e. The van der Waals surface area contributed by atoms with E-state index >= 15 is 0 Å². The zero-order chi connectivity index (χ0) is 23.8. The summed E-state index contributed by atoms with van der Waals surface area (Å²) < 4.78 is 0. The lowest BCUT2D eigenvalue weighted by Crippen LogP contribution is -2.24. The fraction of sp³-hybridized carbons (Fsp3) is 0.179. The molecule has 3 aromatic carbocycles. The zero-order valence-corrected chi connectivity index (χ0v) is 20.4. The van der Waals surface area contributed by atoms with Crippen molar-refractivity contribution >= 4 is 51.0 Å². The minimum atomic E-state index is 0.721. The Morgan fingerprint density at radius 3 is 2.71 bits per heavy atom. The molecule has 6 heteroatoms. The molecule has 0 radical (unpaired) electrons. The van der Waals surface area contributed by atoms with Gasteiger partial charge >= 0.3 is 0 Å². The molecule has 5 nitrogen and oxygen atoms in total. The third kappa shape index (κ3) is 4.09. The molecule has 0 saturated carbocycles. The quantitative estimate of drug-likeness (QED) is 0.351. The number of hydrogen-bond donors (Lipinski definition) is 2. The van der Waals surface area contributed by atoms with E-state index in [-0.39, 0.29) is 0 Å². The van der Waals surface area contributed by atoms with Crippen molar-refractivity contribution in [2.24, 2.45) is 5.73 Å². The van der Waals surface area contributed by atoms with Crippen molar-refractivity contribution in [3.8, 4) is 0 Å². The molecule has 5 rings (SSSR count). The second-order valence-electron chi connectivity index (χ2n) is 8.94. The Morgan fingerprint density at radius 1 is 1.06 bits per heavy atom. The van der Waals surface area contributed by atoms with Gasteiger partial charge in [-0.15, -0.1) is 0 Å². The van der Waals surface area contributed by atoms with Crippen molar-refractivity contribution < 1.29 is 0 Å². The molecule has 1 aromatic heterocycles. The average Bonchev–Trinajstić information content (AvgIpc) is 2.82. The first kappa shape index (κ1) is 22.3. The monoisotopic (exact) mass is 469 g/mol. The first-order valence-corrected chi connectivity index (χ1v) is 11.7. The van der Waals surface area contributed by atoms with Crippen molar-refractivity contribution in [1.82, 2.24) is 9.88 Å². The maximum atomic E-state index is 6.42. The van der Waals surface area contributed by atoms with E-state index in [9.17, 15) is 0 Å². The first-order valence-electron chi connectivity index (χ1n) is 11.3. The molecular formula is C28H28ClN5. The van der Waals surface area contributed by atoms with E-state index in [0.717, 1.165) is 62.9 Å². The molecule has 34 heavy (non-hydrogen) atoms. The van der Waals surface area contributed by atoms with Crippen molar-refractivity contribution in [2.45, 2.75) is 13.5 Å². The van der Waals surface area contributed by atoms with Gasteiger partial charge in [-0.1, -0.05) is 41.9 Å². The van der Waals surface area contributed by atoms with E-state index in [2.05, 4.69) is 75.6 Å². The SMILES string of the molecule is Cc1ccc2c(Nc3ccc(Cl)c(CN(C)C)c3)nccc2c1N1CC=C(N)c2ccccc21. The normalized spacial score (nSPS) is 13.2. The molecule has 0 fully saturated rings. The van der Waals surface area contributed by atoms with Crippen LogP contribution in [0.2, 0.25) is 5.02 Å². The van der Waals surface area contributed by atoms with E-state index in [1.807, 2.05) is 38.5 Å². The van der Waals surface area contributed by atoms with Gasteiger partial charge in [-0.25, -0.2) is 4.98 Å². The van der Waals surface area contributed by atoms with Crippen LogP contribution in [0.1, 0.15) is 16.7 Å². The Bertz CT molecular complexity index is 1410. The lowest BCUT2D eigenvalue weighted by Gasteiger charge is -2.32. The summed E-state index contributed by atoms with van der Waals surface area (Å²) in [5, 5.41) is 6.49. The molecule has 1 aliphatic rings. The molecule has 4 aromatic rings. The smallest absolute Gasteiger partial charge is 0.138 e. The maximum Gasteiger partial charge on any atom is 0.138 e. The van der Waals surface area contributed by atoms with E-state index in [0.29, 0.717) is 0 Å². The van der Waals surface area contributed by atoms with Gasteiger partial charge in [-0.2, -0.15) is 0 Å². The highest BCUT2D eigenvalue weighted by Gasteiger charge is 2.22. The minimum absolute atomic E-state index is 0.721. The maximum absolute atomic E-state index is 6.42. The Morgan fingerprint density at radius 2 is 1.88 bits per heavy atom. The third-order valence-electron chi connectivity index (χ3n) is 6.18. The van der Waals surface area contributed by atoms with Crippen LogP contribution >= 0.6 is 11.6 Å². The van der Waals surface area contributed by atoms with Crippen LogP contribution in [0, 0.1) is 6.92 Å². The largest absolute Gasteiger partial charge is 0.398 e. The summed E-state index contributed by atoms with van der Waals surface area (Å²) in [5.41, 5.74) is 13.7. The summed E-state index contributed by atoms with van der Waals surface area (Å²) in [7, 11) is 4.07. The number of aryl methyl sites for hydroxylation is 1. The molecule has 0 atom stereocenters. The number of nitrogens with zero attached hydrogens (tertiary/aromatic N) is 3. The number of para-hydroxylation sites is 1. The fourth-order valence-electron chi connectivity index (χ4n) is 4.62. The molecule has 3 N–H and O–H groups in total. The highest BCUT2D eigenvalue weighted by molar-refractivity contribution is 6.31. The molecule has 0 unspecified atom stereocenters. The Kier molecular flexibility index (Phi) is 5.90. The summed E-state index contributed by atoms with van der Waals surface area (Å²) in [4.78, 5) is 9.13. The Balaban J connectivity index is 1.59. The van der Waals surface area contributed by atoms with Crippen LogP contribution in [-0.2, 0) is 6.54 Å². The number of benzene rings is 3. The predicted octanol–water partition coefficient (Wildman–Crippen LogP) is 6.45. The van der Waals surface area contributed by atoms with Crippen LogP contribution in [0.5, 0.6) is 0 Å². The molecule has 2 heterocycles. The topological polar surface area (TPSA) is 57.4 Å². The van der Waals surface area contributed by atoms with Gasteiger partial charge in [0.2, 0.25) is 0 Å². The van der Waals surface area contributed by atoms with Gasteiger partial charge < -0.3 is 20.9 Å². The third-order valence-corrected chi connectivity index (χ3v) is 6.55. The molecule has 0 spiro atoms. The summed E-state index contributed by atoms with van der Waals surface area (Å²) in [6.45, 7) is 3.64. The average molecular weight is 470 g/mol. The lowest BCUT2D eigenvalue weighted by atomic mass is 9.99. The van der Waals surface area contributed by atoms with Gasteiger partial charge in [0.05, 0.1) is 11.4 Å². The number of nitrogens with one attached hydrogen (secondary N) is 1. The molecular weight excluding hydrogens is 442 g/mol. The number of pyridine rings is 1. The van der Waals surface area contributed by atoms with Gasteiger partial charge in [0.15, 0.2) is 0 Å². The molecule has 0 aliphatic carbocycles. The van der Waals surface area contributed by atoms with E-state index in [1.54, 1.807) is 0 Å². The summed E-state index contributed by atoms with van der Waals surface area (Å²) in [6, 6.07) is 20.7. The van der Waals surface area contributed by atoms with Crippen molar-refractivity contribution in [3.05, 3.63) is 94.6 Å². The van der Waals surface area contributed by atoms with Crippen molar-refractivity contribution in [3.63, 3.8) is 0 Å². The molecule has 0 bridgehead atoms. The van der Waals surface area contributed by atoms with Crippen molar-refractivity contribution in [2.75, 3.05) is 30.9 Å². The van der Waals surface area contributed by atoms with E-state index in [4.69, 9.17) is 17.3 Å². The predicted molar refractivity (Wildman–Crippen MR) is 144 cm³/mol. The van der Waals surface area contributed by atoms with Crippen LogP contribution < -0.4 is 16.0 Å². The Hall–Kier alpha value is -3.54. The van der Waals surface area contributed by atoms with Gasteiger partial charge in [0.25, 0.3) is 0 Å². The van der Waals surface area contributed by atoms with Crippen LogP contribution in [0.3, 0.4) is 0 Å². The first-order chi connectivity index (χ1) is 16.4. The van der Waals surface area contributed by atoms with Crippen LogP contribution in [0.15, 0.2) is 72.9 Å². The molecule has 1 aliphatic heterocycles. The summed E-state index contributed by atoms with van der Waals surface area (Å²) in [5.74, 6) is 0.817. The van der Waals surface area contributed by atoms with Gasteiger partial charge in [-0.05, 0) is 68.6 Å². The van der Waals surface area contributed by atoms with Gasteiger partial charge in [-0.3, -0.25) is 0 Å². The van der Waals surface area contributed by atoms with Gasteiger partial charge in [0.1, 0.15) is 5.82 Å². The zero-order valence-electron chi connectivity index (χ0n) is 19.6.